The van der Waals surface area contributed by atoms with Gasteiger partial charge in [0.15, 0.2) is 0 Å². The Kier molecular flexibility index (Phi) is 4.25. The molecular formula is C15H18N2O. The van der Waals surface area contributed by atoms with Crippen LogP contribution in [0.3, 0.4) is 0 Å². The Bertz CT molecular complexity index is 462. The molecule has 1 aromatic carbocycles. The monoisotopic (exact) mass is 242 g/mol. The van der Waals surface area contributed by atoms with Crippen molar-refractivity contribution in [1.82, 2.24) is 5.32 Å². The number of hydrogen-bond donors (Lipinski definition) is 2. The number of rotatable bonds is 5. The lowest BCUT2D eigenvalue weighted by Crippen LogP contribution is -2.31. The highest BCUT2D eigenvalue weighted by Crippen LogP contribution is 2.30. The molecule has 1 amide bonds. The van der Waals surface area contributed by atoms with Crippen molar-refractivity contribution in [3.05, 3.63) is 29.8 Å². The molecule has 0 fully saturated rings. The quantitative estimate of drug-likeness (QED) is 0.613. The fourth-order valence-corrected chi connectivity index (χ4v) is 2.20. The normalized spacial score (nSPS) is 16.5. The molecule has 1 heterocycles. The van der Waals surface area contributed by atoms with Gasteiger partial charge in [0.25, 0.3) is 0 Å². The first-order valence-electron chi connectivity index (χ1n) is 6.37. The topological polar surface area (TPSA) is 41.1 Å². The highest BCUT2D eigenvalue weighted by Gasteiger charge is 2.27. The van der Waals surface area contributed by atoms with Crippen molar-refractivity contribution >= 4 is 11.6 Å². The first kappa shape index (κ1) is 12.5. The van der Waals surface area contributed by atoms with Gasteiger partial charge in [-0.05, 0) is 24.5 Å². The lowest BCUT2D eigenvalue weighted by atomic mass is 10.0. The van der Waals surface area contributed by atoms with E-state index in [1.54, 1.807) is 0 Å². The van der Waals surface area contributed by atoms with Gasteiger partial charge in [-0.25, -0.2) is 0 Å². The molecule has 0 saturated carbocycles. The fourth-order valence-electron chi connectivity index (χ4n) is 2.20. The molecule has 0 aliphatic carbocycles. The molecule has 1 aromatic rings. The van der Waals surface area contributed by atoms with Crippen molar-refractivity contribution < 1.29 is 4.79 Å². The van der Waals surface area contributed by atoms with E-state index in [4.69, 9.17) is 6.42 Å². The Labute approximate surface area is 108 Å². The van der Waals surface area contributed by atoms with Crippen LogP contribution in [0.15, 0.2) is 24.3 Å². The van der Waals surface area contributed by atoms with Crippen LogP contribution in [0.2, 0.25) is 0 Å². The lowest BCUT2D eigenvalue weighted by molar-refractivity contribution is -0.122. The van der Waals surface area contributed by atoms with Gasteiger partial charge >= 0.3 is 0 Å². The van der Waals surface area contributed by atoms with Crippen LogP contribution in [0.5, 0.6) is 0 Å². The molecule has 94 valence electrons. The molecule has 2 N–H and O–H groups in total. The molecule has 1 aliphatic rings. The third-order valence-corrected chi connectivity index (χ3v) is 3.20. The zero-order chi connectivity index (χ0) is 12.8. The summed E-state index contributed by atoms with van der Waals surface area (Å²) >= 11 is 0. The first-order valence-corrected chi connectivity index (χ1v) is 6.37. The van der Waals surface area contributed by atoms with Crippen LogP contribution in [-0.2, 0) is 4.79 Å². The van der Waals surface area contributed by atoms with Gasteiger partial charge in [-0.15, -0.1) is 12.3 Å². The van der Waals surface area contributed by atoms with Crippen molar-refractivity contribution in [2.24, 2.45) is 0 Å². The lowest BCUT2D eigenvalue weighted by Gasteiger charge is -2.10. The van der Waals surface area contributed by atoms with Crippen LogP contribution in [0.25, 0.3) is 0 Å². The number of nitrogens with one attached hydrogen (secondary N) is 2. The van der Waals surface area contributed by atoms with Crippen LogP contribution >= 0.6 is 0 Å². The van der Waals surface area contributed by atoms with Crippen molar-refractivity contribution in [2.45, 2.75) is 25.2 Å². The number of terminal acetylenes is 1. The van der Waals surface area contributed by atoms with E-state index in [9.17, 15) is 4.79 Å². The molecule has 1 unspecified atom stereocenters. The summed E-state index contributed by atoms with van der Waals surface area (Å²) in [7, 11) is 0. The van der Waals surface area contributed by atoms with Crippen molar-refractivity contribution in [3.8, 4) is 12.3 Å². The predicted octanol–water partition coefficient (Wildman–Crippen LogP) is 2.12. The summed E-state index contributed by atoms with van der Waals surface area (Å²) in [5, 5.41) is 6.23. The summed E-state index contributed by atoms with van der Waals surface area (Å²) in [5.74, 6) is 2.64. The smallest absolute Gasteiger partial charge is 0.229 e. The van der Waals surface area contributed by atoms with Crippen LogP contribution in [-0.4, -0.2) is 19.0 Å². The number of hydrogen-bond acceptors (Lipinski definition) is 2. The van der Waals surface area contributed by atoms with Gasteiger partial charge in [0.05, 0.1) is 5.92 Å². The van der Waals surface area contributed by atoms with Gasteiger partial charge in [0.1, 0.15) is 0 Å². The van der Waals surface area contributed by atoms with Crippen LogP contribution < -0.4 is 10.6 Å². The van der Waals surface area contributed by atoms with E-state index in [1.165, 1.54) is 0 Å². The van der Waals surface area contributed by atoms with E-state index in [2.05, 4.69) is 16.6 Å². The average molecular weight is 242 g/mol. The van der Waals surface area contributed by atoms with E-state index in [0.717, 1.165) is 30.5 Å². The van der Waals surface area contributed by atoms with Gasteiger partial charge < -0.3 is 10.6 Å². The Morgan fingerprint density at radius 1 is 1.44 bits per heavy atom. The summed E-state index contributed by atoms with van der Waals surface area (Å²) in [6, 6.07) is 7.97. The number of amides is 1. The molecule has 0 spiro atoms. The molecule has 1 aliphatic heterocycles. The van der Waals surface area contributed by atoms with E-state index in [1.807, 2.05) is 24.3 Å². The number of para-hydroxylation sites is 1. The zero-order valence-electron chi connectivity index (χ0n) is 10.4. The SMILES string of the molecule is C#CCCCCNC(=O)C1CNc2ccccc21. The number of carbonyl (C=O) groups is 1. The zero-order valence-corrected chi connectivity index (χ0v) is 10.4. The van der Waals surface area contributed by atoms with E-state index in [0.29, 0.717) is 13.1 Å². The highest BCUT2D eigenvalue weighted by molar-refractivity contribution is 5.88. The molecule has 1 atom stereocenters. The van der Waals surface area contributed by atoms with Gasteiger partial charge in [0, 0.05) is 25.2 Å². The molecule has 0 radical (unpaired) electrons. The second-order valence-corrected chi connectivity index (χ2v) is 4.47. The fraction of sp³-hybridized carbons (Fsp3) is 0.400. The van der Waals surface area contributed by atoms with E-state index >= 15 is 0 Å². The Morgan fingerprint density at radius 2 is 2.28 bits per heavy atom. The minimum Gasteiger partial charge on any atom is -0.384 e. The van der Waals surface area contributed by atoms with E-state index in [-0.39, 0.29) is 11.8 Å². The van der Waals surface area contributed by atoms with Crippen molar-refractivity contribution in [1.29, 1.82) is 0 Å². The van der Waals surface area contributed by atoms with Crippen LogP contribution in [0.1, 0.15) is 30.7 Å². The molecule has 3 nitrogen and oxygen atoms in total. The maximum Gasteiger partial charge on any atom is 0.229 e. The molecule has 3 heteroatoms. The summed E-state index contributed by atoms with van der Waals surface area (Å²) in [6.07, 6.45) is 7.87. The van der Waals surface area contributed by atoms with E-state index < -0.39 is 0 Å². The Hall–Kier alpha value is -1.95. The molecular weight excluding hydrogens is 224 g/mol. The maximum atomic E-state index is 12.0. The van der Waals surface area contributed by atoms with Crippen molar-refractivity contribution in [3.63, 3.8) is 0 Å². The Morgan fingerprint density at radius 3 is 3.11 bits per heavy atom. The average Bonchev–Trinajstić information content (AvgIpc) is 2.82. The molecule has 0 aromatic heterocycles. The third-order valence-electron chi connectivity index (χ3n) is 3.20. The largest absolute Gasteiger partial charge is 0.384 e. The summed E-state index contributed by atoms with van der Waals surface area (Å²) in [6.45, 7) is 1.40. The van der Waals surface area contributed by atoms with Crippen molar-refractivity contribution in [2.75, 3.05) is 18.4 Å². The molecule has 18 heavy (non-hydrogen) atoms. The van der Waals surface area contributed by atoms with Crippen LogP contribution in [0, 0.1) is 12.3 Å². The predicted molar refractivity (Wildman–Crippen MR) is 73.4 cm³/mol. The molecule has 0 bridgehead atoms. The molecule has 2 rings (SSSR count). The standard InChI is InChI=1S/C15H18N2O/c1-2-3-4-7-10-16-15(18)13-11-17-14-9-6-5-8-12(13)14/h1,5-6,8-9,13,17H,3-4,7,10-11H2,(H,16,18). The number of anilines is 1. The third kappa shape index (κ3) is 2.84. The van der Waals surface area contributed by atoms with Gasteiger partial charge in [-0.2, -0.15) is 0 Å². The summed E-state index contributed by atoms with van der Waals surface area (Å²) in [4.78, 5) is 12.0. The second-order valence-electron chi connectivity index (χ2n) is 4.47. The van der Waals surface area contributed by atoms with Gasteiger partial charge in [-0.1, -0.05) is 18.2 Å². The first-order chi connectivity index (χ1) is 8.83. The van der Waals surface area contributed by atoms with Gasteiger partial charge in [0.2, 0.25) is 5.91 Å². The minimum absolute atomic E-state index is 0.0613. The highest BCUT2D eigenvalue weighted by atomic mass is 16.1. The Balaban J connectivity index is 1.83. The second kappa shape index (κ2) is 6.11. The number of fused-ring (bicyclic) bond motifs is 1. The van der Waals surface area contributed by atoms with Gasteiger partial charge in [-0.3, -0.25) is 4.79 Å². The summed E-state index contributed by atoms with van der Waals surface area (Å²) in [5.41, 5.74) is 2.17. The number of carbonyl (C=O) groups excluding carboxylic acids is 1. The number of unbranched alkanes of at least 4 members (excludes halogenated alkanes) is 2. The van der Waals surface area contributed by atoms with Crippen LogP contribution in [0.4, 0.5) is 5.69 Å². The number of benzene rings is 1. The minimum atomic E-state index is -0.0613. The maximum absolute atomic E-state index is 12.0. The summed E-state index contributed by atoms with van der Waals surface area (Å²) < 4.78 is 0. The molecule has 0 saturated heterocycles.